The number of hydrogen-bond donors (Lipinski definition) is 0. The van der Waals surface area contributed by atoms with Crippen LogP contribution in [0.1, 0.15) is 23.1 Å². The van der Waals surface area contributed by atoms with Crippen molar-refractivity contribution < 1.29 is 0 Å². The van der Waals surface area contributed by atoms with E-state index in [-0.39, 0.29) is 5.92 Å². The van der Waals surface area contributed by atoms with Crippen LogP contribution in [0.15, 0.2) is 419 Å². The van der Waals surface area contributed by atoms with Crippen LogP contribution in [-0.2, 0) is 0 Å². The molecule has 0 aliphatic heterocycles. The van der Waals surface area contributed by atoms with Crippen molar-refractivity contribution in [3.63, 3.8) is 0 Å². The summed E-state index contributed by atoms with van der Waals surface area (Å²) in [6.45, 7) is 14.8. The topological polar surface area (TPSA) is 110 Å². The summed E-state index contributed by atoms with van der Waals surface area (Å²) in [7, 11) is 0. The summed E-state index contributed by atoms with van der Waals surface area (Å²) in [4.78, 5) is 37.0. The molecule has 0 spiro atoms. The SMILES string of the molecule is N#Cc1ccc(C2=CC(c3cc4ccccc4cc3-c3ccc4ccc5cccnc5c4n3)=CC3=CC=CCC32)cc1.[C-]#[N+]c1ccc(-c2c(-c3cc(-c4ccc5ccc6cccnc6c5n4)c4ccccc4c3)ccc3ccccc23)cc1.[C-]#[N+]c1ccc(-c2cc3ccccc3cc2-c2cc3ccccc3cc2-c2ccc3ccc4cccnc4c3n2)cc1. The van der Waals surface area contributed by atoms with E-state index in [1.54, 1.807) is 0 Å². The van der Waals surface area contributed by atoms with Gasteiger partial charge in [0.15, 0.2) is 11.4 Å². The van der Waals surface area contributed by atoms with Gasteiger partial charge in [-0.15, -0.1) is 0 Å². The maximum absolute atomic E-state index is 9.36. The Hall–Kier alpha value is -17.3. The Bertz CT molecular complexity index is 8530. The summed E-state index contributed by atoms with van der Waals surface area (Å²) >= 11 is 0. The van der Waals surface area contributed by atoms with Crippen molar-refractivity contribution in [3.05, 3.63) is 458 Å². The van der Waals surface area contributed by atoms with Crippen LogP contribution in [0.4, 0.5) is 11.4 Å². The number of nitriles is 1. The average molecular weight is 1600 g/mol. The predicted molar refractivity (Wildman–Crippen MR) is 522 cm³/mol. The molecule has 1 atom stereocenters. The molecular formula is C117H71N9. The summed E-state index contributed by atoms with van der Waals surface area (Å²) in [6, 6.07) is 129. The average Bonchev–Trinajstić information content (AvgIpc) is 0.752. The van der Waals surface area contributed by atoms with E-state index < -0.39 is 0 Å². The first kappa shape index (κ1) is 75.0. The Morgan fingerprint density at radius 2 is 0.690 bits per heavy atom. The monoisotopic (exact) mass is 1600 g/mol. The van der Waals surface area contributed by atoms with E-state index in [4.69, 9.17) is 33.1 Å². The Morgan fingerprint density at radius 3 is 1.20 bits per heavy atom. The molecule has 0 N–H and O–H groups in total. The third-order valence-corrected chi connectivity index (χ3v) is 24.6. The number of rotatable bonds is 9. The van der Waals surface area contributed by atoms with E-state index in [2.05, 4.69) is 353 Å². The van der Waals surface area contributed by atoms with Gasteiger partial charge < -0.3 is 0 Å². The number of allylic oxidation sites excluding steroid dienone is 8. The molecule has 6 aromatic heterocycles. The van der Waals surface area contributed by atoms with Crippen LogP contribution >= 0.6 is 0 Å². The van der Waals surface area contributed by atoms with E-state index in [0.717, 1.165) is 183 Å². The van der Waals surface area contributed by atoms with Crippen molar-refractivity contribution in [2.75, 3.05) is 0 Å². The molecule has 16 aromatic carbocycles. The zero-order valence-electron chi connectivity index (χ0n) is 68.1. The molecule has 2 aliphatic rings. The van der Waals surface area contributed by atoms with Crippen molar-refractivity contribution in [1.29, 1.82) is 5.26 Å². The lowest BCUT2D eigenvalue weighted by atomic mass is 9.75. The van der Waals surface area contributed by atoms with Crippen molar-refractivity contribution >= 4 is 142 Å². The molecule has 2 aliphatic carbocycles. The fourth-order valence-electron chi connectivity index (χ4n) is 18.4. The number of pyridine rings is 6. The molecule has 0 fully saturated rings. The third-order valence-electron chi connectivity index (χ3n) is 24.6. The number of nitrogens with zero attached hydrogens (tertiary/aromatic N) is 9. The number of aromatic nitrogens is 6. The summed E-state index contributed by atoms with van der Waals surface area (Å²) in [5.74, 6) is 0.284. The maximum atomic E-state index is 9.36. The third kappa shape index (κ3) is 13.9. The highest BCUT2D eigenvalue weighted by molar-refractivity contribution is 6.12. The molecule has 0 saturated heterocycles. The van der Waals surface area contributed by atoms with Crippen LogP contribution in [0.3, 0.4) is 0 Å². The van der Waals surface area contributed by atoms with Gasteiger partial charge >= 0.3 is 0 Å². The van der Waals surface area contributed by atoms with Gasteiger partial charge in [-0.05, 0) is 236 Å². The highest BCUT2D eigenvalue weighted by Gasteiger charge is 2.28. The van der Waals surface area contributed by atoms with Gasteiger partial charge in [0.2, 0.25) is 0 Å². The van der Waals surface area contributed by atoms with Crippen LogP contribution in [-0.4, -0.2) is 29.9 Å². The Labute approximate surface area is 726 Å². The van der Waals surface area contributed by atoms with Gasteiger partial charge in [0, 0.05) is 73.5 Å². The first-order valence-electron chi connectivity index (χ1n) is 42.1. The predicted octanol–water partition coefficient (Wildman–Crippen LogP) is 30.7. The zero-order chi connectivity index (χ0) is 84.1. The normalized spacial score (nSPS) is 12.9. The van der Waals surface area contributed by atoms with Crippen LogP contribution in [0, 0.1) is 30.4 Å². The number of fused-ring (bicyclic) bond motifs is 15. The molecule has 6 heterocycles. The minimum Gasteiger partial charge on any atom is -0.254 e. The first-order chi connectivity index (χ1) is 62.3. The van der Waals surface area contributed by atoms with E-state index in [1.165, 1.54) is 48.8 Å². The quantitative estimate of drug-likeness (QED) is 0.105. The molecule has 0 bridgehead atoms. The number of hydrogen-bond acceptors (Lipinski definition) is 7. The molecule has 0 saturated carbocycles. The van der Waals surface area contributed by atoms with Crippen molar-refractivity contribution in [2.45, 2.75) is 6.42 Å². The molecule has 22 aromatic rings. The second kappa shape index (κ2) is 32.0. The van der Waals surface area contributed by atoms with Gasteiger partial charge in [0.1, 0.15) is 0 Å². The molecule has 9 heteroatoms. The van der Waals surface area contributed by atoms with Crippen LogP contribution < -0.4 is 0 Å². The van der Waals surface area contributed by atoms with Crippen molar-refractivity contribution in [2.24, 2.45) is 5.92 Å². The highest BCUT2D eigenvalue weighted by Crippen LogP contribution is 2.48. The summed E-state index contributed by atoms with van der Waals surface area (Å²) in [5, 5.41) is 27.6. The molecule has 24 rings (SSSR count). The molecule has 0 radical (unpaired) electrons. The largest absolute Gasteiger partial charge is 0.254 e. The van der Waals surface area contributed by atoms with Gasteiger partial charge in [-0.3, -0.25) is 15.0 Å². The summed E-state index contributed by atoms with van der Waals surface area (Å²) in [6.07, 6.45) is 17.8. The number of benzene rings is 16. The Balaban J connectivity index is 0.000000112. The standard InChI is InChI=1S/2C39H23N3.C39H25N3/c1-40-31-18-14-26(15-19-31)37-33-11-5-2-7-25(33)16-20-34(37)30-23-29-8-3-4-10-32(29)35(24-30)36-21-17-28-13-12-27-9-6-22-41-38(27)39(28)42-36;1-40-32-17-14-25(15-18-32)33-21-28-7-2-3-8-29(28)22-34(33)35-23-30-9-4-5-10-31(30)24-36(35)37-19-16-27-13-12-26-11-6-20-41-38(26)39(27)42-37;40-24-25-11-13-26(14-12-25)34-23-32(20-31-8-3-4-10-33(31)34)35-21-29-6-1-2-7-30(29)22-36(35)37-18-17-28-16-15-27-9-5-19-41-38(27)39(28)42-37/h2*2-24H;1-9,11-23,33H,10H2. The summed E-state index contributed by atoms with van der Waals surface area (Å²) in [5.41, 5.74) is 28.4. The fourth-order valence-corrected chi connectivity index (χ4v) is 18.4. The van der Waals surface area contributed by atoms with Gasteiger partial charge in [0.25, 0.3) is 0 Å². The molecule has 126 heavy (non-hydrogen) atoms. The van der Waals surface area contributed by atoms with E-state index in [9.17, 15) is 5.26 Å². The Kier molecular flexibility index (Phi) is 19.1. The molecule has 9 nitrogen and oxygen atoms in total. The zero-order valence-corrected chi connectivity index (χ0v) is 68.1. The summed E-state index contributed by atoms with van der Waals surface area (Å²) < 4.78 is 0. The van der Waals surface area contributed by atoms with E-state index in [0.29, 0.717) is 16.9 Å². The maximum Gasteiger partial charge on any atom is 0.187 e. The minimum absolute atomic E-state index is 0.284. The van der Waals surface area contributed by atoms with Crippen LogP contribution in [0.5, 0.6) is 0 Å². The first-order valence-corrected chi connectivity index (χ1v) is 42.1. The lowest BCUT2D eigenvalue weighted by molar-refractivity contribution is 0.802. The highest BCUT2D eigenvalue weighted by atomic mass is 14.8. The van der Waals surface area contributed by atoms with Gasteiger partial charge in [-0.2, -0.15) is 5.26 Å². The lowest BCUT2D eigenvalue weighted by Crippen LogP contribution is -2.12. The Morgan fingerprint density at radius 1 is 0.294 bits per heavy atom. The van der Waals surface area contributed by atoms with Gasteiger partial charge in [-0.1, -0.05) is 291 Å². The van der Waals surface area contributed by atoms with Crippen LogP contribution in [0.2, 0.25) is 0 Å². The van der Waals surface area contributed by atoms with Crippen molar-refractivity contribution in [3.8, 4) is 84.3 Å². The molecule has 1 unspecified atom stereocenters. The fraction of sp³-hybridized carbons (Fsp3) is 0.0171. The van der Waals surface area contributed by atoms with Crippen LogP contribution in [0.25, 0.3) is 218 Å². The molecular weight excluding hydrogens is 1530 g/mol. The van der Waals surface area contributed by atoms with Gasteiger partial charge in [0.05, 0.1) is 75.0 Å². The van der Waals surface area contributed by atoms with Crippen molar-refractivity contribution in [1.82, 2.24) is 29.9 Å². The second-order valence-electron chi connectivity index (χ2n) is 32.0. The smallest absolute Gasteiger partial charge is 0.187 e. The van der Waals surface area contributed by atoms with E-state index >= 15 is 0 Å². The lowest BCUT2D eigenvalue weighted by Gasteiger charge is -2.28. The molecule has 584 valence electrons. The van der Waals surface area contributed by atoms with E-state index in [1.807, 2.05) is 85.3 Å². The van der Waals surface area contributed by atoms with Gasteiger partial charge in [-0.25, -0.2) is 24.6 Å². The second-order valence-corrected chi connectivity index (χ2v) is 32.0. The minimum atomic E-state index is 0.284. The molecule has 0 amide bonds.